The van der Waals surface area contributed by atoms with Crippen LogP contribution in [0.2, 0.25) is 5.02 Å². The Morgan fingerprint density at radius 3 is 3.00 bits per heavy atom. The summed E-state index contributed by atoms with van der Waals surface area (Å²) in [6.07, 6.45) is 0. The molecule has 1 aromatic heterocycles. The van der Waals surface area contributed by atoms with E-state index in [4.69, 9.17) is 17.4 Å². The molecule has 2 aromatic rings. The summed E-state index contributed by atoms with van der Waals surface area (Å²) in [5.74, 6) is 5.23. The number of fused-ring (bicyclic) bond motifs is 1. The van der Waals surface area contributed by atoms with E-state index >= 15 is 0 Å². The molecule has 0 amide bonds. The number of aromatic nitrogens is 1. The molecule has 0 aliphatic heterocycles. The largest absolute Gasteiger partial charge is 0.320 e. The van der Waals surface area contributed by atoms with E-state index in [0.717, 1.165) is 20.0 Å². The minimum Gasteiger partial charge on any atom is -0.320 e. The monoisotopic (exact) mass is 213 g/mol. The molecule has 0 aliphatic rings. The number of hydrogen-bond acceptors (Lipinski definition) is 3. The van der Waals surface area contributed by atoms with E-state index in [9.17, 15) is 0 Å². The van der Waals surface area contributed by atoms with Gasteiger partial charge in [-0.3, -0.25) is 0 Å². The Balaban J connectivity index is 2.94. The van der Waals surface area contributed by atoms with Gasteiger partial charge < -0.3 is 10.4 Å². The molecule has 3 nitrogen and oxygen atoms in total. The minimum atomic E-state index is 0.726. The molecule has 0 saturated carbocycles. The third kappa shape index (κ3) is 1.32. The molecule has 2 N–H and O–H groups in total. The standard InChI is InChI=1S/C8H8ClN3S/c1-12-6-4-5(9)2-3-7(6)13-8(12)11-10/h2-4H,10H2,1H3. The molecular formula is C8H8ClN3S. The molecule has 0 spiro atoms. The van der Waals surface area contributed by atoms with E-state index in [2.05, 4.69) is 5.10 Å². The molecule has 68 valence electrons. The van der Waals surface area contributed by atoms with Crippen LogP contribution >= 0.6 is 22.9 Å². The zero-order valence-corrected chi connectivity index (χ0v) is 8.56. The van der Waals surface area contributed by atoms with Crippen LogP contribution in [0.4, 0.5) is 0 Å². The first-order valence-corrected chi connectivity index (χ1v) is 4.91. The highest BCUT2D eigenvalue weighted by Crippen LogP contribution is 2.20. The quantitative estimate of drug-likeness (QED) is 0.525. The zero-order valence-electron chi connectivity index (χ0n) is 6.99. The highest BCUT2D eigenvalue weighted by molar-refractivity contribution is 7.16. The number of aryl methyl sites for hydroxylation is 1. The number of thiazole rings is 1. The van der Waals surface area contributed by atoms with Crippen molar-refractivity contribution in [2.24, 2.45) is 18.0 Å². The van der Waals surface area contributed by atoms with Crippen molar-refractivity contribution >= 4 is 33.2 Å². The van der Waals surface area contributed by atoms with Gasteiger partial charge in [-0.25, -0.2) is 0 Å². The van der Waals surface area contributed by atoms with Gasteiger partial charge in [-0.05, 0) is 18.2 Å². The Morgan fingerprint density at radius 2 is 2.31 bits per heavy atom. The second kappa shape index (κ2) is 3.05. The molecule has 0 atom stereocenters. The fraction of sp³-hybridized carbons (Fsp3) is 0.125. The summed E-state index contributed by atoms with van der Waals surface area (Å²) >= 11 is 7.42. The van der Waals surface area contributed by atoms with Gasteiger partial charge in [0, 0.05) is 12.1 Å². The average molecular weight is 214 g/mol. The maximum atomic E-state index is 5.87. The molecule has 1 aromatic carbocycles. The topological polar surface area (TPSA) is 43.3 Å². The van der Waals surface area contributed by atoms with Gasteiger partial charge in [-0.15, -0.1) is 0 Å². The Kier molecular flexibility index (Phi) is 2.01. The van der Waals surface area contributed by atoms with E-state index < -0.39 is 0 Å². The highest BCUT2D eigenvalue weighted by Gasteiger charge is 2.02. The van der Waals surface area contributed by atoms with Gasteiger partial charge in [-0.1, -0.05) is 22.9 Å². The van der Waals surface area contributed by atoms with Crippen molar-refractivity contribution in [3.63, 3.8) is 0 Å². The summed E-state index contributed by atoms with van der Waals surface area (Å²) in [5, 5.41) is 4.40. The van der Waals surface area contributed by atoms with Gasteiger partial charge in [0.05, 0.1) is 10.2 Å². The number of rotatable bonds is 0. The minimum absolute atomic E-state index is 0.726. The lowest BCUT2D eigenvalue weighted by molar-refractivity contribution is 0.888. The molecule has 0 radical (unpaired) electrons. The predicted molar refractivity (Wildman–Crippen MR) is 55.6 cm³/mol. The van der Waals surface area contributed by atoms with Crippen molar-refractivity contribution in [1.29, 1.82) is 0 Å². The molecule has 13 heavy (non-hydrogen) atoms. The maximum absolute atomic E-state index is 5.87. The van der Waals surface area contributed by atoms with Crippen LogP contribution in [-0.4, -0.2) is 4.57 Å². The maximum Gasteiger partial charge on any atom is 0.208 e. The molecule has 0 aliphatic carbocycles. The van der Waals surface area contributed by atoms with Crippen molar-refractivity contribution in [1.82, 2.24) is 4.57 Å². The first kappa shape index (κ1) is 8.59. The van der Waals surface area contributed by atoms with E-state index in [1.54, 1.807) is 11.3 Å². The van der Waals surface area contributed by atoms with Crippen LogP contribution in [0.3, 0.4) is 0 Å². The molecule has 5 heteroatoms. The smallest absolute Gasteiger partial charge is 0.208 e. The third-order valence-electron chi connectivity index (χ3n) is 1.88. The van der Waals surface area contributed by atoms with Crippen LogP contribution in [0, 0.1) is 0 Å². The van der Waals surface area contributed by atoms with Crippen LogP contribution < -0.4 is 10.6 Å². The zero-order chi connectivity index (χ0) is 9.42. The molecular weight excluding hydrogens is 206 g/mol. The molecule has 1 heterocycles. The van der Waals surface area contributed by atoms with Gasteiger partial charge >= 0.3 is 0 Å². The van der Waals surface area contributed by atoms with Gasteiger partial charge in [0.2, 0.25) is 4.80 Å². The summed E-state index contributed by atoms with van der Waals surface area (Å²) in [5.41, 5.74) is 1.06. The molecule has 0 unspecified atom stereocenters. The van der Waals surface area contributed by atoms with Crippen LogP contribution in [0.1, 0.15) is 0 Å². The fourth-order valence-electron chi connectivity index (χ4n) is 1.22. The van der Waals surface area contributed by atoms with Crippen LogP contribution in [-0.2, 0) is 7.05 Å². The lowest BCUT2D eigenvalue weighted by Crippen LogP contribution is -2.12. The summed E-state index contributed by atoms with van der Waals surface area (Å²) < 4.78 is 3.06. The van der Waals surface area contributed by atoms with Crippen LogP contribution in [0.15, 0.2) is 23.3 Å². The van der Waals surface area contributed by atoms with E-state index in [1.165, 1.54) is 0 Å². The van der Waals surface area contributed by atoms with Crippen molar-refractivity contribution in [2.75, 3.05) is 0 Å². The van der Waals surface area contributed by atoms with Crippen molar-refractivity contribution < 1.29 is 0 Å². The Hall–Kier alpha value is -1.00. The fourth-order valence-corrected chi connectivity index (χ4v) is 2.31. The molecule has 0 fully saturated rings. The van der Waals surface area contributed by atoms with Gasteiger partial charge in [0.15, 0.2) is 0 Å². The predicted octanol–water partition coefficient (Wildman–Crippen LogP) is 1.67. The Bertz CT molecular complexity index is 512. The number of benzene rings is 1. The summed E-state index contributed by atoms with van der Waals surface area (Å²) in [7, 11) is 1.92. The second-order valence-electron chi connectivity index (χ2n) is 2.68. The van der Waals surface area contributed by atoms with Crippen molar-refractivity contribution in [3.05, 3.63) is 28.0 Å². The normalized spacial score (nSPS) is 12.6. The Morgan fingerprint density at radius 1 is 1.54 bits per heavy atom. The first-order valence-electron chi connectivity index (χ1n) is 3.71. The number of halogens is 1. The highest BCUT2D eigenvalue weighted by atomic mass is 35.5. The lowest BCUT2D eigenvalue weighted by Gasteiger charge is -1.94. The summed E-state index contributed by atoms with van der Waals surface area (Å²) in [6.45, 7) is 0. The lowest BCUT2D eigenvalue weighted by atomic mass is 10.3. The van der Waals surface area contributed by atoms with Gasteiger partial charge in [0.1, 0.15) is 0 Å². The van der Waals surface area contributed by atoms with Crippen LogP contribution in [0.5, 0.6) is 0 Å². The van der Waals surface area contributed by atoms with Gasteiger partial charge in [-0.2, -0.15) is 5.10 Å². The SMILES string of the molecule is Cn1c(=NN)sc2ccc(Cl)cc21. The van der Waals surface area contributed by atoms with Crippen molar-refractivity contribution in [3.8, 4) is 0 Å². The first-order chi connectivity index (χ1) is 6.22. The van der Waals surface area contributed by atoms with Crippen molar-refractivity contribution in [2.45, 2.75) is 0 Å². The average Bonchev–Trinajstić information content (AvgIpc) is 2.44. The van der Waals surface area contributed by atoms with E-state index in [1.807, 2.05) is 29.8 Å². The number of nitrogens with zero attached hydrogens (tertiary/aromatic N) is 2. The molecule has 0 bridgehead atoms. The van der Waals surface area contributed by atoms with E-state index in [0.29, 0.717) is 0 Å². The summed E-state index contributed by atoms with van der Waals surface area (Å²) in [6, 6.07) is 5.74. The summed E-state index contributed by atoms with van der Waals surface area (Å²) in [4.78, 5) is 0.789. The van der Waals surface area contributed by atoms with E-state index in [-0.39, 0.29) is 0 Å². The Labute approximate surface area is 84.1 Å². The number of hydrogen-bond donors (Lipinski definition) is 1. The van der Waals surface area contributed by atoms with Gasteiger partial charge in [0.25, 0.3) is 0 Å². The number of nitrogens with two attached hydrogens (primary N) is 1. The van der Waals surface area contributed by atoms with Crippen LogP contribution in [0.25, 0.3) is 10.2 Å². The third-order valence-corrected chi connectivity index (χ3v) is 3.24. The second-order valence-corrected chi connectivity index (χ2v) is 4.13. The molecule has 2 rings (SSSR count). The molecule has 0 saturated heterocycles.